The van der Waals surface area contributed by atoms with Crippen LogP contribution in [0, 0.1) is 0 Å². The Kier molecular flexibility index (Phi) is 16.6. The number of carbonyl (C=O) groups excluding carboxylic acids is 5. The van der Waals surface area contributed by atoms with Crippen LogP contribution in [0.4, 0.5) is 5.00 Å². The number of carbonyl (C=O) groups is 5. The number of anilines is 1. The van der Waals surface area contributed by atoms with E-state index in [2.05, 4.69) is 15.6 Å². The number of hydrogen-bond donors (Lipinski definition) is 4. The van der Waals surface area contributed by atoms with E-state index in [0.717, 1.165) is 32.1 Å². The molecule has 6 rings (SSSR count). The van der Waals surface area contributed by atoms with Crippen LogP contribution >= 0.6 is 34.5 Å². The monoisotopic (exact) mass is 911 g/mol. The Hall–Kier alpha value is -5.24. The van der Waals surface area contributed by atoms with Crippen molar-refractivity contribution in [3.8, 4) is 11.3 Å². The van der Waals surface area contributed by atoms with Gasteiger partial charge in [0, 0.05) is 104 Å². The lowest BCUT2D eigenvalue weighted by atomic mass is 9.99. The van der Waals surface area contributed by atoms with Crippen LogP contribution in [0.15, 0.2) is 55.0 Å². The second kappa shape index (κ2) is 22.2. The summed E-state index contributed by atoms with van der Waals surface area (Å²) in [5.74, 6) is -1.11. The summed E-state index contributed by atoms with van der Waals surface area (Å²) >= 11 is 14.6. The van der Waals surface area contributed by atoms with Gasteiger partial charge in [0.15, 0.2) is 0 Å². The Labute approximate surface area is 373 Å². The standard InChI is InChI=1S/C42H51Cl2N9O8S/c1-49(2)14-3-4-36(57)51-18-19-53(37(58)26-51)39-6-5-28(62-39)7-12-45-34(55)10-20-60-22-23-61-21-11-35(56)46-13-17-52-16-9-33(48-52)29-24-31(43)41(44)42-40(29)30-25-50(38(59)27-54)15-8-32(30)47-42/h3-6,9,11,16,21,24,47,54H,7-8,10,12-15,17-20,22-23,25-27H2,1-2H3,(H,45,55)(H,46,56)/b4-3?,21-11+. The van der Waals surface area contributed by atoms with E-state index >= 15 is 0 Å². The van der Waals surface area contributed by atoms with Crippen molar-refractivity contribution in [2.75, 3.05) is 91.2 Å². The minimum absolute atomic E-state index is 0.0408. The van der Waals surface area contributed by atoms with Gasteiger partial charge in [-0.05, 0) is 44.8 Å². The number of nitrogens with zero attached hydrogens (tertiary/aromatic N) is 6. The van der Waals surface area contributed by atoms with Gasteiger partial charge < -0.3 is 49.8 Å². The quantitative estimate of drug-likeness (QED) is 0.0582. The first kappa shape index (κ1) is 46.3. The SMILES string of the molecule is CN(C)CC=CC(=O)N1CCN(c2ccc(CCNC(=O)CCOCCO/C=C/C(=O)NCCn3ccc(-c4cc(Cl)c(Cl)c5[nH]c6c(c45)CN(C(=O)CO)CC6)n3)s2)C(=O)C1. The third kappa shape index (κ3) is 12.2. The van der Waals surface area contributed by atoms with Crippen LogP contribution in [0.5, 0.6) is 0 Å². The van der Waals surface area contributed by atoms with Crippen molar-refractivity contribution in [1.29, 1.82) is 0 Å². The zero-order valence-corrected chi connectivity index (χ0v) is 37.0. The molecule has 5 heterocycles. The molecule has 2 aliphatic rings. The number of thiophene rings is 1. The Morgan fingerprint density at radius 2 is 1.85 bits per heavy atom. The number of nitrogens with one attached hydrogen (secondary N) is 3. The van der Waals surface area contributed by atoms with Crippen molar-refractivity contribution in [3.05, 3.63) is 81.1 Å². The highest BCUT2D eigenvalue weighted by Crippen LogP contribution is 2.42. The second-order valence-corrected chi connectivity index (χ2v) is 16.8. The summed E-state index contributed by atoms with van der Waals surface area (Å²) in [4.78, 5) is 73.4. The van der Waals surface area contributed by atoms with E-state index in [1.807, 2.05) is 37.2 Å². The summed E-state index contributed by atoms with van der Waals surface area (Å²) in [6, 6.07) is 7.46. The summed E-state index contributed by atoms with van der Waals surface area (Å²) < 4.78 is 12.6. The fourth-order valence-electron chi connectivity index (χ4n) is 7.01. The van der Waals surface area contributed by atoms with Crippen molar-refractivity contribution < 1.29 is 38.6 Å². The Bertz CT molecular complexity index is 2300. The first-order chi connectivity index (χ1) is 29.9. The molecule has 0 radical (unpaired) electrons. The van der Waals surface area contributed by atoms with Crippen LogP contribution in [-0.4, -0.2) is 150 Å². The summed E-state index contributed by atoms with van der Waals surface area (Å²) in [5, 5.41) is 22.2. The zero-order valence-electron chi connectivity index (χ0n) is 34.7. The van der Waals surface area contributed by atoms with E-state index in [0.29, 0.717) is 86.5 Å². The highest BCUT2D eigenvalue weighted by molar-refractivity contribution is 7.16. The number of fused-ring (bicyclic) bond motifs is 3. The molecule has 0 bridgehead atoms. The maximum Gasteiger partial charge on any atom is 0.248 e. The topological polar surface area (TPSA) is 195 Å². The van der Waals surface area contributed by atoms with E-state index in [1.165, 1.54) is 29.8 Å². The highest BCUT2D eigenvalue weighted by Gasteiger charge is 2.29. The molecule has 62 heavy (non-hydrogen) atoms. The van der Waals surface area contributed by atoms with Gasteiger partial charge in [0.25, 0.3) is 0 Å². The number of ether oxygens (including phenoxy) is 2. The lowest BCUT2D eigenvalue weighted by Gasteiger charge is -2.33. The zero-order chi connectivity index (χ0) is 44.2. The number of aromatic nitrogens is 3. The summed E-state index contributed by atoms with van der Waals surface area (Å²) in [7, 11) is 3.84. The minimum atomic E-state index is -0.559. The largest absolute Gasteiger partial charge is 0.499 e. The summed E-state index contributed by atoms with van der Waals surface area (Å²) in [6.07, 6.45) is 9.06. The number of aliphatic hydroxyl groups is 1. The maximum atomic E-state index is 12.8. The van der Waals surface area contributed by atoms with Crippen molar-refractivity contribution in [2.45, 2.75) is 32.4 Å². The highest BCUT2D eigenvalue weighted by atomic mass is 35.5. The van der Waals surface area contributed by atoms with Gasteiger partial charge in [0.2, 0.25) is 29.5 Å². The lowest BCUT2D eigenvalue weighted by Crippen LogP contribution is -2.51. The van der Waals surface area contributed by atoms with Crippen LogP contribution in [0.25, 0.3) is 22.2 Å². The molecular formula is C42H51Cl2N9O8S. The number of rotatable bonds is 20. The molecule has 0 saturated carbocycles. The van der Waals surface area contributed by atoms with Crippen molar-refractivity contribution in [2.24, 2.45) is 0 Å². The number of H-pyrrole nitrogens is 1. The Morgan fingerprint density at radius 3 is 2.65 bits per heavy atom. The fraction of sp³-hybridized carbons (Fsp3) is 0.429. The molecule has 0 spiro atoms. The Morgan fingerprint density at radius 1 is 1.02 bits per heavy atom. The van der Waals surface area contributed by atoms with Crippen molar-refractivity contribution in [1.82, 2.24) is 40.1 Å². The predicted molar refractivity (Wildman–Crippen MR) is 237 cm³/mol. The third-order valence-corrected chi connectivity index (χ3v) is 12.1. The summed E-state index contributed by atoms with van der Waals surface area (Å²) in [5.41, 5.74) is 3.94. The van der Waals surface area contributed by atoms with E-state index in [1.54, 1.807) is 37.7 Å². The minimum Gasteiger partial charge on any atom is -0.499 e. The van der Waals surface area contributed by atoms with Gasteiger partial charge in [-0.15, -0.1) is 11.3 Å². The lowest BCUT2D eigenvalue weighted by molar-refractivity contribution is -0.135. The molecule has 3 aromatic heterocycles. The molecule has 2 aliphatic heterocycles. The molecule has 0 unspecified atom stereocenters. The van der Waals surface area contributed by atoms with Gasteiger partial charge in [-0.2, -0.15) is 5.10 Å². The van der Waals surface area contributed by atoms with Crippen LogP contribution < -0.4 is 15.5 Å². The second-order valence-electron chi connectivity index (χ2n) is 14.9. The molecule has 1 fully saturated rings. The number of hydrogen-bond acceptors (Lipinski definition) is 11. The number of benzene rings is 1. The van der Waals surface area contributed by atoms with Crippen molar-refractivity contribution >= 4 is 80.0 Å². The molecule has 0 aliphatic carbocycles. The van der Waals surface area contributed by atoms with E-state index in [9.17, 15) is 29.1 Å². The van der Waals surface area contributed by atoms with Crippen LogP contribution in [0.2, 0.25) is 10.0 Å². The van der Waals surface area contributed by atoms with E-state index in [4.69, 9.17) is 37.8 Å². The van der Waals surface area contributed by atoms with E-state index < -0.39 is 6.61 Å². The van der Waals surface area contributed by atoms with Gasteiger partial charge in [-0.3, -0.25) is 28.7 Å². The maximum absolute atomic E-state index is 12.8. The number of aliphatic hydroxyl groups excluding tert-OH is 1. The molecule has 17 nitrogen and oxygen atoms in total. The van der Waals surface area contributed by atoms with Crippen LogP contribution in [0.3, 0.4) is 0 Å². The van der Waals surface area contributed by atoms with Crippen molar-refractivity contribution in [3.63, 3.8) is 0 Å². The first-order valence-corrected chi connectivity index (χ1v) is 21.8. The van der Waals surface area contributed by atoms with Crippen LogP contribution in [-0.2, 0) is 59.4 Å². The molecular weight excluding hydrogens is 861 g/mol. The average molecular weight is 913 g/mol. The van der Waals surface area contributed by atoms with Gasteiger partial charge in [-0.25, -0.2) is 0 Å². The first-order valence-electron chi connectivity index (χ1n) is 20.2. The molecule has 1 aromatic carbocycles. The molecule has 332 valence electrons. The molecule has 1 saturated heterocycles. The third-order valence-electron chi connectivity index (χ3n) is 10.2. The molecule has 4 N–H and O–H groups in total. The van der Waals surface area contributed by atoms with E-state index in [-0.39, 0.29) is 62.3 Å². The van der Waals surface area contributed by atoms with Gasteiger partial charge in [0.05, 0.1) is 52.3 Å². The van der Waals surface area contributed by atoms with Crippen LogP contribution in [0.1, 0.15) is 22.6 Å². The van der Waals surface area contributed by atoms with Gasteiger partial charge in [0.1, 0.15) is 19.8 Å². The van der Waals surface area contributed by atoms with Gasteiger partial charge in [-0.1, -0.05) is 29.3 Å². The fourth-order valence-corrected chi connectivity index (χ4v) is 8.46. The number of amides is 5. The predicted octanol–water partition coefficient (Wildman–Crippen LogP) is 2.98. The Balaban J connectivity index is 0.826. The van der Waals surface area contributed by atoms with Gasteiger partial charge >= 0.3 is 0 Å². The number of likely N-dealkylation sites (N-methyl/N-ethyl adjacent to an activating group) is 1. The smallest absolute Gasteiger partial charge is 0.248 e. The molecule has 4 aromatic rings. The molecule has 5 amide bonds. The average Bonchev–Trinajstić information content (AvgIpc) is 4.02. The molecule has 0 atom stereocenters. The normalized spacial score (nSPS) is 14.4. The number of halogens is 2. The summed E-state index contributed by atoms with van der Waals surface area (Å²) in [6.45, 7) is 3.63. The number of aromatic amines is 1. The molecule has 20 heteroatoms. The number of piperazine rings is 1.